The quantitative estimate of drug-likeness (QED) is 0.702. The van der Waals surface area contributed by atoms with Crippen LogP contribution in [0.25, 0.3) is 0 Å². The highest BCUT2D eigenvalue weighted by Gasteiger charge is 2.01. The number of hydrogen-bond acceptors (Lipinski definition) is 2. The van der Waals surface area contributed by atoms with Gasteiger partial charge in [-0.15, -0.1) is 12.6 Å². The molecule has 0 aliphatic heterocycles. The van der Waals surface area contributed by atoms with E-state index < -0.39 is 0 Å². The molecule has 0 heterocycles. The normalized spacial score (nSPS) is 9.58. The predicted octanol–water partition coefficient (Wildman–Crippen LogP) is 1.82. The van der Waals surface area contributed by atoms with Crippen molar-refractivity contribution in [2.45, 2.75) is 0 Å². The molecule has 0 fully saturated rings. The van der Waals surface area contributed by atoms with Gasteiger partial charge >= 0.3 is 0 Å². The van der Waals surface area contributed by atoms with Gasteiger partial charge in [0, 0.05) is 25.3 Å². The SMILES string of the molecule is CN(C)c1cccc(C(=O)S)c1. The van der Waals surface area contributed by atoms with Gasteiger partial charge in [0.05, 0.1) is 0 Å². The first-order valence-electron chi connectivity index (χ1n) is 3.62. The second kappa shape index (κ2) is 3.63. The van der Waals surface area contributed by atoms with E-state index in [9.17, 15) is 4.79 Å². The second-order valence-electron chi connectivity index (χ2n) is 2.75. The van der Waals surface area contributed by atoms with Crippen LogP contribution in [-0.2, 0) is 0 Å². The molecule has 0 aliphatic carbocycles. The minimum atomic E-state index is -0.196. The van der Waals surface area contributed by atoms with Gasteiger partial charge in [-0.05, 0) is 12.1 Å². The Bertz CT molecular complexity index is 296. The van der Waals surface area contributed by atoms with E-state index in [1.54, 1.807) is 6.07 Å². The average Bonchev–Trinajstić information content (AvgIpc) is 2.04. The summed E-state index contributed by atoms with van der Waals surface area (Å²) in [6.07, 6.45) is 0. The monoisotopic (exact) mass is 181 g/mol. The van der Waals surface area contributed by atoms with E-state index >= 15 is 0 Å². The number of nitrogens with zero attached hydrogens (tertiary/aromatic N) is 1. The Morgan fingerprint density at radius 1 is 1.42 bits per heavy atom. The highest BCUT2D eigenvalue weighted by Crippen LogP contribution is 2.14. The molecule has 0 saturated heterocycles. The fraction of sp³-hybridized carbons (Fsp3) is 0.222. The number of carbonyl (C=O) groups excluding carboxylic acids is 1. The Morgan fingerprint density at radius 3 is 2.58 bits per heavy atom. The molecule has 0 spiro atoms. The van der Waals surface area contributed by atoms with Gasteiger partial charge in [0.25, 0.3) is 0 Å². The molecule has 0 radical (unpaired) electrons. The Morgan fingerprint density at radius 2 is 2.08 bits per heavy atom. The summed E-state index contributed by atoms with van der Waals surface area (Å²) in [7, 11) is 3.87. The molecule has 0 atom stereocenters. The van der Waals surface area contributed by atoms with Crippen molar-refractivity contribution in [2.75, 3.05) is 19.0 Å². The highest BCUT2D eigenvalue weighted by atomic mass is 32.1. The minimum absolute atomic E-state index is 0.196. The molecule has 0 bridgehead atoms. The molecular weight excluding hydrogens is 170 g/mol. The molecule has 0 N–H and O–H groups in total. The van der Waals surface area contributed by atoms with Crippen LogP contribution >= 0.6 is 12.6 Å². The second-order valence-corrected chi connectivity index (χ2v) is 3.16. The summed E-state index contributed by atoms with van der Waals surface area (Å²) in [4.78, 5) is 12.8. The van der Waals surface area contributed by atoms with E-state index in [2.05, 4.69) is 12.6 Å². The zero-order valence-corrected chi connectivity index (χ0v) is 8.01. The first kappa shape index (κ1) is 9.13. The topological polar surface area (TPSA) is 20.3 Å². The lowest BCUT2D eigenvalue weighted by Gasteiger charge is -2.12. The lowest BCUT2D eigenvalue weighted by molar-refractivity contribution is 0.109. The summed E-state index contributed by atoms with van der Waals surface area (Å²) in [6, 6.07) is 7.36. The van der Waals surface area contributed by atoms with Crippen molar-refractivity contribution < 1.29 is 4.79 Å². The van der Waals surface area contributed by atoms with E-state index in [0.717, 1.165) is 5.69 Å². The van der Waals surface area contributed by atoms with Crippen molar-refractivity contribution in [1.29, 1.82) is 0 Å². The summed E-state index contributed by atoms with van der Waals surface area (Å²) in [6.45, 7) is 0. The number of thiol groups is 1. The largest absolute Gasteiger partial charge is 0.378 e. The van der Waals surface area contributed by atoms with Gasteiger partial charge in [-0.25, -0.2) is 0 Å². The Labute approximate surface area is 77.6 Å². The predicted molar refractivity (Wildman–Crippen MR) is 54.1 cm³/mol. The standard InChI is InChI=1S/C9H11NOS/c1-10(2)8-5-3-4-7(6-8)9(11)12/h3-6H,1-2H3,(H,11,12). The number of anilines is 1. The molecule has 2 nitrogen and oxygen atoms in total. The number of benzene rings is 1. The maximum atomic E-state index is 10.9. The zero-order valence-electron chi connectivity index (χ0n) is 7.11. The molecule has 0 amide bonds. The summed E-state index contributed by atoms with van der Waals surface area (Å²) < 4.78 is 0. The lowest BCUT2D eigenvalue weighted by Crippen LogP contribution is -2.08. The zero-order chi connectivity index (χ0) is 9.14. The van der Waals surface area contributed by atoms with Crippen molar-refractivity contribution in [2.24, 2.45) is 0 Å². The maximum absolute atomic E-state index is 10.9. The van der Waals surface area contributed by atoms with Gasteiger partial charge in [-0.3, -0.25) is 4.79 Å². The smallest absolute Gasteiger partial charge is 0.216 e. The lowest BCUT2D eigenvalue weighted by atomic mass is 10.2. The van der Waals surface area contributed by atoms with E-state index in [4.69, 9.17) is 0 Å². The van der Waals surface area contributed by atoms with Crippen LogP contribution in [0.15, 0.2) is 24.3 Å². The van der Waals surface area contributed by atoms with Crippen LogP contribution in [0, 0.1) is 0 Å². The molecule has 1 aromatic carbocycles. The Hall–Kier alpha value is -0.960. The maximum Gasteiger partial charge on any atom is 0.216 e. The molecule has 0 aliphatic rings. The molecule has 3 heteroatoms. The van der Waals surface area contributed by atoms with Crippen molar-refractivity contribution in [3.05, 3.63) is 29.8 Å². The van der Waals surface area contributed by atoms with Crippen molar-refractivity contribution in [3.63, 3.8) is 0 Å². The van der Waals surface area contributed by atoms with Crippen LogP contribution in [0.5, 0.6) is 0 Å². The van der Waals surface area contributed by atoms with Gasteiger partial charge in [-0.2, -0.15) is 0 Å². The van der Waals surface area contributed by atoms with Gasteiger partial charge in [0.1, 0.15) is 0 Å². The van der Waals surface area contributed by atoms with Crippen LogP contribution in [0.1, 0.15) is 10.4 Å². The molecular formula is C9H11NOS. The summed E-state index contributed by atoms with van der Waals surface area (Å²) in [5.74, 6) is 0. The molecule has 1 aromatic rings. The van der Waals surface area contributed by atoms with Gasteiger partial charge in [0.15, 0.2) is 0 Å². The van der Waals surface area contributed by atoms with Crippen molar-refractivity contribution in [1.82, 2.24) is 0 Å². The Kier molecular flexibility index (Phi) is 2.76. The molecule has 0 saturated carbocycles. The molecule has 64 valence electrons. The van der Waals surface area contributed by atoms with Crippen LogP contribution in [-0.4, -0.2) is 19.2 Å². The Balaban J connectivity index is 3.04. The summed E-state index contributed by atoms with van der Waals surface area (Å²) in [5, 5.41) is -0.196. The van der Waals surface area contributed by atoms with E-state index in [1.807, 2.05) is 37.2 Å². The van der Waals surface area contributed by atoms with Gasteiger partial charge in [0.2, 0.25) is 5.12 Å². The third-order valence-corrected chi connectivity index (χ3v) is 1.87. The first-order valence-corrected chi connectivity index (χ1v) is 4.06. The molecule has 1 rings (SSSR count). The number of hydrogen-bond donors (Lipinski definition) is 1. The fourth-order valence-electron chi connectivity index (χ4n) is 0.917. The third kappa shape index (κ3) is 2.01. The van der Waals surface area contributed by atoms with E-state index in [0.29, 0.717) is 5.56 Å². The number of carbonyl (C=O) groups is 1. The van der Waals surface area contributed by atoms with Crippen LogP contribution < -0.4 is 4.90 Å². The van der Waals surface area contributed by atoms with Crippen molar-refractivity contribution >= 4 is 23.4 Å². The molecule has 0 aromatic heterocycles. The average molecular weight is 181 g/mol. The van der Waals surface area contributed by atoms with E-state index in [1.165, 1.54) is 0 Å². The van der Waals surface area contributed by atoms with Crippen molar-refractivity contribution in [3.8, 4) is 0 Å². The third-order valence-electron chi connectivity index (χ3n) is 1.61. The van der Waals surface area contributed by atoms with Crippen LogP contribution in [0.4, 0.5) is 5.69 Å². The number of rotatable bonds is 2. The van der Waals surface area contributed by atoms with Gasteiger partial charge in [-0.1, -0.05) is 12.1 Å². The highest BCUT2D eigenvalue weighted by molar-refractivity contribution is 7.97. The molecule has 0 unspecified atom stereocenters. The molecule has 12 heavy (non-hydrogen) atoms. The summed E-state index contributed by atoms with van der Waals surface area (Å²) in [5.41, 5.74) is 1.64. The van der Waals surface area contributed by atoms with Crippen LogP contribution in [0.2, 0.25) is 0 Å². The minimum Gasteiger partial charge on any atom is -0.378 e. The van der Waals surface area contributed by atoms with E-state index in [-0.39, 0.29) is 5.12 Å². The van der Waals surface area contributed by atoms with Gasteiger partial charge < -0.3 is 4.90 Å². The summed E-state index contributed by atoms with van der Waals surface area (Å²) >= 11 is 3.75. The van der Waals surface area contributed by atoms with Crippen LogP contribution in [0.3, 0.4) is 0 Å². The first-order chi connectivity index (χ1) is 5.61. The fourth-order valence-corrected chi connectivity index (χ4v) is 1.06.